The third-order valence-corrected chi connectivity index (χ3v) is 4.06. The van der Waals surface area contributed by atoms with E-state index in [0.29, 0.717) is 5.56 Å². The summed E-state index contributed by atoms with van der Waals surface area (Å²) in [6.07, 6.45) is 0. The molecule has 0 aliphatic heterocycles. The SMILES string of the molecule is CC(C(=O)OCc1cccc2ccccc12)C(=O)c1ccccc1. The molecule has 120 valence electrons. The van der Waals surface area contributed by atoms with Gasteiger partial charge in [-0.2, -0.15) is 0 Å². The lowest BCUT2D eigenvalue weighted by atomic mass is 9.99. The minimum absolute atomic E-state index is 0.159. The Kier molecular flexibility index (Phi) is 4.71. The van der Waals surface area contributed by atoms with Crippen molar-refractivity contribution in [3.05, 3.63) is 83.9 Å². The molecule has 3 rings (SSSR count). The normalized spacial score (nSPS) is 11.9. The van der Waals surface area contributed by atoms with Crippen LogP contribution >= 0.6 is 0 Å². The van der Waals surface area contributed by atoms with Crippen LogP contribution in [0.5, 0.6) is 0 Å². The second kappa shape index (κ2) is 7.09. The van der Waals surface area contributed by atoms with E-state index in [9.17, 15) is 9.59 Å². The van der Waals surface area contributed by atoms with E-state index < -0.39 is 11.9 Å². The number of carbonyl (C=O) groups excluding carboxylic acids is 2. The number of ether oxygens (including phenoxy) is 1. The molecule has 1 atom stereocenters. The molecule has 24 heavy (non-hydrogen) atoms. The molecule has 0 aromatic heterocycles. The summed E-state index contributed by atoms with van der Waals surface area (Å²) < 4.78 is 5.38. The Morgan fingerprint density at radius 3 is 2.33 bits per heavy atom. The molecule has 3 aromatic carbocycles. The lowest BCUT2D eigenvalue weighted by molar-refractivity contribution is -0.147. The first kappa shape index (κ1) is 15.9. The van der Waals surface area contributed by atoms with Crippen LogP contribution in [0.25, 0.3) is 10.8 Å². The van der Waals surface area contributed by atoms with Crippen molar-refractivity contribution >= 4 is 22.5 Å². The summed E-state index contributed by atoms with van der Waals surface area (Å²) in [6, 6.07) is 22.6. The van der Waals surface area contributed by atoms with Gasteiger partial charge in [-0.3, -0.25) is 9.59 Å². The van der Waals surface area contributed by atoms with Gasteiger partial charge in [0.05, 0.1) is 0 Å². The number of hydrogen-bond acceptors (Lipinski definition) is 3. The third-order valence-electron chi connectivity index (χ3n) is 4.06. The molecule has 0 saturated carbocycles. The summed E-state index contributed by atoms with van der Waals surface area (Å²) >= 11 is 0. The van der Waals surface area contributed by atoms with Gasteiger partial charge in [-0.1, -0.05) is 72.8 Å². The maximum absolute atomic E-state index is 12.3. The predicted octanol–water partition coefficient (Wildman–Crippen LogP) is 4.40. The van der Waals surface area contributed by atoms with Crippen LogP contribution in [-0.2, 0) is 16.1 Å². The molecule has 0 aliphatic rings. The fraction of sp³-hybridized carbons (Fsp3) is 0.143. The largest absolute Gasteiger partial charge is 0.460 e. The highest BCUT2D eigenvalue weighted by molar-refractivity contribution is 6.08. The van der Waals surface area contributed by atoms with Crippen molar-refractivity contribution in [3.8, 4) is 0 Å². The highest BCUT2D eigenvalue weighted by Gasteiger charge is 2.24. The molecule has 0 spiro atoms. The zero-order chi connectivity index (χ0) is 16.9. The van der Waals surface area contributed by atoms with Crippen molar-refractivity contribution in [1.82, 2.24) is 0 Å². The van der Waals surface area contributed by atoms with Gasteiger partial charge >= 0.3 is 5.97 Å². The van der Waals surface area contributed by atoms with Crippen LogP contribution in [0.4, 0.5) is 0 Å². The number of fused-ring (bicyclic) bond motifs is 1. The van der Waals surface area contributed by atoms with E-state index >= 15 is 0 Å². The minimum atomic E-state index is -0.817. The molecule has 0 N–H and O–H groups in total. The van der Waals surface area contributed by atoms with E-state index in [2.05, 4.69) is 0 Å². The number of carbonyl (C=O) groups is 2. The van der Waals surface area contributed by atoms with E-state index in [4.69, 9.17) is 4.74 Å². The first-order chi connectivity index (χ1) is 11.7. The Hall–Kier alpha value is -2.94. The maximum Gasteiger partial charge on any atom is 0.316 e. The maximum atomic E-state index is 12.3. The average Bonchev–Trinajstić information content (AvgIpc) is 2.65. The Morgan fingerprint density at radius 1 is 0.875 bits per heavy atom. The molecule has 3 heteroatoms. The molecule has 0 amide bonds. The molecule has 3 aromatic rings. The van der Waals surface area contributed by atoms with Crippen molar-refractivity contribution in [3.63, 3.8) is 0 Å². The van der Waals surface area contributed by atoms with Gasteiger partial charge in [-0.25, -0.2) is 0 Å². The van der Waals surface area contributed by atoms with E-state index in [0.717, 1.165) is 16.3 Å². The van der Waals surface area contributed by atoms with Crippen molar-refractivity contribution in [2.24, 2.45) is 5.92 Å². The van der Waals surface area contributed by atoms with Crippen LogP contribution in [0, 0.1) is 5.92 Å². The summed E-state index contributed by atoms with van der Waals surface area (Å²) in [5.41, 5.74) is 1.45. The predicted molar refractivity (Wildman–Crippen MR) is 93.7 cm³/mol. The van der Waals surface area contributed by atoms with Crippen LogP contribution in [-0.4, -0.2) is 11.8 Å². The Balaban J connectivity index is 1.70. The lowest BCUT2D eigenvalue weighted by Crippen LogP contribution is -2.23. The molecule has 0 aliphatic carbocycles. The van der Waals surface area contributed by atoms with Crippen molar-refractivity contribution in [2.45, 2.75) is 13.5 Å². The molecule has 0 fully saturated rings. The van der Waals surface area contributed by atoms with Crippen LogP contribution in [0.15, 0.2) is 72.8 Å². The third kappa shape index (κ3) is 3.35. The van der Waals surface area contributed by atoms with E-state index in [1.165, 1.54) is 0 Å². The lowest BCUT2D eigenvalue weighted by Gasteiger charge is -2.12. The van der Waals surface area contributed by atoms with Gasteiger partial charge < -0.3 is 4.74 Å². The van der Waals surface area contributed by atoms with E-state index in [1.54, 1.807) is 31.2 Å². The summed E-state index contributed by atoms with van der Waals surface area (Å²) in [5, 5.41) is 2.15. The molecule has 0 radical (unpaired) electrons. The second-order valence-corrected chi connectivity index (χ2v) is 5.70. The first-order valence-electron chi connectivity index (χ1n) is 7.89. The monoisotopic (exact) mass is 318 g/mol. The standard InChI is InChI=1S/C21H18O3/c1-15(20(22)17-9-3-2-4-10-17)21(23)24-14-18-12-7-11-16-8-5-6-13-19(16)18/h2-13,15H,14H2,1H3. The number of hydrogen-bond donors (Lipinski definition) is 0. The molecular weight excluding hydrogens is 300 g/mol. The molecule has 0 saturated heterocycles. The Morgan fingerprint density at radius 2 is 1.54 bits per heavy atom. The number of Topliss-reactive ketones (excluding diaryl/α,β-unsaturated/α-hetero) is 1. The van der Waals surface area contributed by atoms with Gasteiger partial charge in [-0.15, -0.1) is 0 Å². The van der Waals surface area contributed by atoms with E-state index in [-0.39, 0.29) is 12.4 Å². The fourth-order valence-corrected chi connectivity index (χ4v) is 2.65. The van der Waals surface area contributed by atoms with Crippen LogP contribution in [0.3, 0.4) is 0 Å². The van der Waals surface area contributed by atoms with Gasteiger partial charge in [0, 0.05) is 5.56 Å². The van der Waals surface area contributed by atoms with Crippen LogP contribution < -0.4 is 0 Å². The van der Waals surface area contributed by atoms with Gasteiger partial charge in [0.25, 0.3) is 0 Å². The summed E-state index contributed by atoms with van der Waals surface area (Å²) in [4.78, 5) is 24.5. The van der Waals surface area contributed by atoms with Gasteiger partial charge in [0.15, 0.2) is 5.78 Å². The minimum Gasteiger partial charge on any atom is -0.460 e. The number of esters is 1. The smallest absolute Gasteiger partial charge is 0.316 e. The quantitative estimate of drug-likeness (QED) is 0.398. The Bertz CT molecular complexity index is 863. The molecule has 0 bridgehead atoms. The van der Waals surface area contributed by atoms with Gasteiger partial charge in [-0.05, 0) is 23.3 Å². The summed E-state index contributed by atoms with van der Waals surface area (Å²) in [6.45, 7) is 1.74. The summed E-state index contributed by atoms with van der Waals surface area (Å²) in [7, 11) is 0. The average molecular weight is 318 g/mol. The zero-order valence-corrected chi connectivity index (χ0v) is 13.4. The van der Waals surface area contributed by atoms with Gasteiger partial charge in [0.1, 0.15) is 12.5 Å². The van der Waals surface area contributed by atoms with Crippen LogP contribution in [0.1, 0.15) is 22.8 Å². The molecular formula is C21H18O3. The highest BCUT2D eigenvalue weighted by atomic mass is 16.5. The van der Waals surface area contributed by atoms with Crippen LogP contribution in [0.2, 0.25) is 0 Å². The molecule has 3 nitrogen and oxygen atoms in total. The number of rotatable bonds is 5. The van der Waals surface area contributed by atoms with E-state index in [1.807, 2.05) is 48.5 Å². The summed E-state index contributed by atoms with van der Waals surface area (Å²) in [5.74, 6) is -1.54. The van der Waals surface area contributed by atoms with Crippen molar-refractivity contribution < 1.29 is 14.3 Å². The topological polar surface area (TPSA) is 43.4 Å². The van der Waals surface area contributed by atoms with Crippen molar-refractivity contribution in [1.29, 1.82) is 0 Å². The molecule has 1 unspecified atom stereocenters. The highest BCUT2D eigenvalue weighted by Crippen LogP contribution is 2.20. The fourth-order valence-electron chi connectivity index (χ4n) is 2.65. The molecule has 0 heterocycles. The van der Waals surface area contributed by atoms with Crippen molar-refractivity contribution in [2.75, 3.05) is 0 Å². The second-order valence-electron chi connectivity index (χ2n) is 5.70. The zero-order valence-electron chi connectivity index (χ0n) is 13.4. The number of benzene rings is 3. The first-order valence-corrected chi connectivity index (χ1v) is 7.89. The Labute approximate surface area is 140 Å². The van der Waals surface area contributed by atoms with Gasteiger partial charge in [0.2, 0.25) is 0 Å². The number of ketones is 1.